The van der Waals surface area contributed by atoms with Crippen molar-refractivity contribution in [2.24, 2.45) is 0 Å². The van der Waals surface area contributed by atoms with Crippen LogP contribution in [0, 0.1) is 5.82 Å². The van der Waals surface area contributed by atoms with Gasteiger partial charge in [0, 0.05) is 18.7 Å². The third-order valence-corrected chi connectivity index (χ3v) is 4.52. The molecule has 20 heavy (non-hydrogen) atoms. The lowest BCUT2D eigenvalue weighted by Crippen LogP contribution is -2.43. The van der Waals surface area contributed by atoms with Crippen molar-refractivity contribution in [3.8, 4) is 0 Å². The van der Waals surface area contributed by atoms with Crippen molar-refractivity contribution in [3.63, 3.8) is 0 Å². The molecule has 1 saturated heterocycles. The zero-order chi connectivity index (χ0) is 14.8. The molecule has 0 amide bonds. The minimum atomic E-state index is -0.488. The van der Waals surface area contributed by atoms with Crippen molar-refractivity contribution < 1.29 is 9.13 Å². The molecule has 0 aromatic heterocycles. The molecule has 0 bridgehead atoms. The highest BCUT2D eigenvalue weighted by molar-refractivity contribution is 6.31. The minimum Gasteiger partial charge on any atom is -0.397 e. The number of rotatable bonds is 4. The number of hydrogen-bond acceptors (Lipinski definition) is 3. The summed E-state index contributed by atoms with van der Waals surface area (Å²) in [5.74, 6) is -0.488. The van der Waals surface area contributed by atoms with Gasteiger partial charge in [0.15, 0.2) is 0 Å². The standard InChI is InChI=1S/C15H22ClFN2O/c1-3-15(4-2)9-10(5-6-20-15)19-14-7-11(16)12(17)8-13(14)18/h7-8,10,19H,3-6,9,18H2,1-2H3. The Labute approximate surface area is 124 Å². The zero-order valence-corrected chi connectivity index (χ0v) is 12.8. The van der Waals surface area contributed by atoms with Gasteiger partial charge in [-0.2, -0.15) is 0 Å². The lowest BCUT2D eigenvalue weighted by molar-refractivity contribution is -0.0864. The molecule has 1 aromatic carbocycles. The first kappa shape index (κ1) is 15.4. The average molecular weight is 301 g/mol. The van der Waals surface area contributed by atoms with Crippen LogP contribution in [-0.2, 0) is 4.74 Å². The Balaban J connectivity index is 2.12. The van der Waals surface area contributed by atoms with E-state index in [1.807, 2.05) is 0 Å². The summed E-state index contributed by atoms with van der Waals surface area (Å²) in [5.41, 5.74) is 6.87. The first-order valence-corrected chi connectivity index (χ1v) is 7.52. The monoisotopic (exact) mass is 300 g/mol. The lowest BCUT2D eigenvalue weighted by atomic mass is 9.86. The molecule has 3 nitrogen and oxygen atoms in total. The summed E-state index contributed by atoms with van der Waals surface area (Å²) in [6.07, 6.45) is 3.81. The summed E-state index contributed by atoms with van der Waals surface area (Å²) >= 11 is 5.82. The fraction of sp³-hybridized carbons (Fsp3) is 0.600. The van der Waals surface area contributed by atoms with Crippen molar-refractivity contribution in [2.45, 2.75) is 51.2 Å². The van der Waals surface area contributed by atoms with Gasteiger partial charge in [0.25, 0.3) is 0 Å². The van der Waals surface area contributed by atoms with Gasteiger partial charge in [0.05, 0.1) is 22.0 Å². The minimum absolute atomic E-state index is 0.0610. The Kier molecular flexibility index (Phi) is 4.76. The van der Waals surface area contributed by atoms with E-state index in [-0.39, 0.29) is 16.7 Å². The molecule has 112 valence electrons. The molecule has 1 unspecified atom stereocenters. The maximum atomic E-state index is 13.3. The van der Waals surface area contributed by atoms with E-state index >= 15 is 0 Å². The Morgan fingerprint density at radius 3 is 2.80 bits per heavy atom. The van der Waals surface area contributed by atoms with Crippen molar-refractivity contribution in [3.05, 3.63) is 23.0 Å². The lowest BCUT2D eigenvalue weighted by Gasteiger charge is -2.40. The molecule has 1 aliphatic rings. The summed E-state index contributed by atoms with van der Waals surface area (Å²) in [6, 6.07) is 3.09. The Morgan fingerprint density at radius 2 is 2.15 bits per heavy atom. The molecule has 0 spiro atoms. The van der Waals surface area contributed by atoms with E-state index in [0.717, 1.165) is 32.3 Å². The number of nitrogen functional groups attached to an aromatic ring is 1. The number of anilines is 2. The molecule has 0 aliphatic carbocycles. The van der Waals surface area contributed by atoms with Crippen LogP contribution in [0.2, 0.25) is 5.02 Å². The number of halogens is 2. The van der Waals surface area contributed by atoms with Crippen molar-refractivity contribution >= 4 is 23.0 Å². The van der Waals surface area contributed by atoms with Gasteiger partial charge in [0.2, 0.25) is 0 Å². The third kappa shape index (κ3) is 3.18. The highest BCUT2D eigenvalue weighted by Gasteiger charge is 2.34. The Bertz CT molecular complexity index is 477. The first-order chi connectivity index (χ1) is 9.49. The van der Waals surface area contributed by atoms with E-state index in [1.54, 1.807) is 6.07 Å². The smallest absolute Gasteiger partial charge is 0.143 e. The molecule has 5 heteroatoms. The zero-order valence-electron chi connectivity index (χ0n) is 12.0. The molecule has 1 aliphatic heterocycles. The molecule has 3 N–H and O–H groups in total. The Hall–Kier alpha value is -1.00. The van der Waals surface area contributed by atoms with Crippen molar-refractivity contribution in [1.82, 2.24) is 0 Å². The van der Waals surface area contributed by atoms with E-state index < -0.39 is 5.82 Å². The van der Waals surface area contributed by atoms with Crippen LogP contribution in [0.1, 0.15) is 39.5 Å². The SMILES string of the molecule is CCC1(CC)CC(Nc2cc(Cl)c(F)cc2N)CCO1. The topological polar surface area (TPSA) is 47.3 Å². The predicted molar refractivity (Wildman–Crippen MR) is 81.7 cm³/mol. The van der Waals surface area contributed by atoms with Crippen LogP contribution in [0.4, 0.5) is 15.8 Å². The molecular weight excluding hydrogens is 279 g/mol. The number of hydrogen-bond donors (Lipinski definition) is 2. The molecule has 1 aromatic rings. The quantitative estimate of drug-likeness (QED) is 0.819. The van der Waals surface area contributed by atoms with E-state index in [1.165, 1.54) is 6.07 Å². The first-order valence-electron chi connectivity index (χ1n) is 7.14. The molecular formula is C15H22ClFN2O. The Morgan fingerprint density at radius 1 is 1.45 bits per heavy atom. The van der Waals surface area contributed by atoms with Gasteiger partial charge in [-0.05, 0) is 31.7 Å². The van der Waals surface area contributed by atoms with Gasteiger partial charge in [-0.3, -0.25) is 0 Å². The van der Waals surface area contributed by atoms with Gasteiger partial charge in [-0.15, -0.1) is 0 Å². The second-order valence-corrected chi connectivity index (χ2v) is 5.83. The molecule has 0 saturated carbocycles. The third-order valence-electron chi connectivity index (χ3n) is 4.23. The van der Waals surface area contributed by atoms with Crippen LogP contribution in [0.15, 0.2) is 12.1 Å². The highest BCUT2D eigenvalue weighted by atomic mass is 35.5. The number of nitrogens with one attached hydrogen (secondary N) is 1. The predicted octanol–water partition coefficient (Wildman–Crippen LogP) is 4.21. The summed E-state index contributed by atoms with van der Waals surface area (Å²) in [5, 5.41) is 3.47. The fourth-order valence-corrected chi connectivity index (χ4v) is 2.96. The number of benzene rings is 1. The average Bonchev–Trinajstić information content (AvgIpc) is 2.45. The second kappa shape index (κ2) is 6.19. The van der Waals surface area contributed by atoms with Gasteiger partial charge in [-0.1, -0.05) is 25.4 Å². The molecule has 1 atom stereocenters. The summed E-state index contributed by atoms with van der Waals surface area (Å²) in [4.78, 5) is 0. The van der Waals surface area contributed by atoms with Gasteiger partial charge >= 0.3 is 0 Å². The van der Waals surface area contributed by atoms with Crippen LogP contribution in [-0.4, -0.2) is 18.2 Å². The van der Waals surface area contributed by atoms with Crippen LogP contribution in [0.25, 0.3) is 0 Å². The largest absolute Gasteiger partial charge is 0.397 e. The second-order valence-electron chi connectivity index (χ2n) is 5.43. The van der Waals surface area contributed by atoms with Crippen molar-refractivity contribution in [1.29, 1.82) is 0 Å². The van der Waals surface area contributed by atoms with E-state index in [2.05, 4.69) is 19.2 Å². The maximum Gasteiger partial charge on any atom is 0.143 e. The van der Waals surface area contributed by atoms with Crippen molar-refractivity contribution in [2.75, 3.05) is 17.7 Å². The van der Waals surface area contributed by atoms with E-state index in [4.69, 9.17) is 22.1 Å². The fourth-order valence-electron chi connectivity index (χ4n) is 2.80. The highest BCUT2D eigenvalue weighted by Crippen LogP contribution is 2.34. The number of ether oxygens (including phenoxy) is 1. The van der Waals surface area contributed by atoms with E-state index in [9.17, 15) is 4.39 Å². The normalized spacial score (nSPS) is 21.7. The van der Waals surface area contributed by atoms with Crippen LogP contribution < -0.4 is 11.1 Å². The molecule has 0 radical (unpaired) electrons. The van der Waals surface area contributed by atoms with Gasteiger partial charge < -0.3 is 15.8 Å². The molecule has 1 fully saturated rings. The van der Waals surface area contributed by atoms with E-state index in [0.29, 0.717) is 11.4 Å². The van der Waals surface area contributed by atoms with Gasteiger partial charge in [0.1, 0.15) is 5.82 Å². The van der Waals surface area contributed by atoms with Crippen LogP contribution >= 0.6 is 11.6 Å². The summed E-state index contributed by atoms with van der Waals surface area (Å²) in [6.45, 7) is 5.03. The number of nitrogens with two attached hydrogens (primary N) is 1. The van der Waals surface area contributed by atoms with Crippen LogP contribution in [0.5, 0.6) is 0 Å². The van der Waals surface area contributed by atoms with Crippen LogP contribution in [0.3, 0.4) is 0 Å². The molecule has 2 rings (SSSR count). The summed E-state index contributed by atoms with van der Waals surface area (Å²) in [7, 11) is 0. The summed E-state index contributed by atoms with van der Waals surface area (Å²) < 4.78 is 19.3. The molecule has 1 heterocycles. The maximum absolute atomic E-state index is 13.3. The van der Waals surface area contributed by atoms with Gasteiger partial charge in [-0.25, -0.2) is 4.39 Å².